The van der Waals surface area contributed by atoms with Crippen LogP contribution in [0, 0.1) is 0 Å². The maximum absolute atomic E-state index is 15.2. The second-order valence-corrected chi connectivity index (χ2v) is 29.1. The number of carbonyl (C=O) groups is 7. The monoisotopic (exact) mass is 1480 g/mol. The van der Waals surface area contributed by atoms with E-state index in [2.05, 4.69) is 46.4 Å². The zero-order valence-corrected chi connectivity index (χ0v) is 59.1. The van der Waals surface area contributed by atoms with Crippen molar-refractivity contribution >= 4 is 115 Å². The summed E-state index contributed by atoms with van der Waals surface area (Å²) >= 11 is 4.73. The van der Waals surface area contributed by atoms with Gasteiger partial charge in [0.15, 0.2) is 18.1 Å². The Morgan fingerprint density at radius 3 is 2.27 bits per heavy atom. The summed E-state index contributed by atoms with van der Waals surface area (Å²) in [6.07, 6.45) is -7.48. The molecule has 0 radical (unpaired) electrons. The van der Waals surface area contributed by atoms with Crippen molar-refractivity contribution in [2.75, 3.05) is 67.2 Å². The van der Waals surface area contributed by atoms with Crippen LogP contribution < -0.4 is 26.6 Å². The molecule has 0 saturated carbocycles. The zero-order chi connectivity index (χ0) is 71.3. The number of esters is 2. The first kappa shape index (κ1) is 70.6. The second-order valence-electron chi connectivity index (χ2n) is 24.7. The lowest BCUT2D eigenvalue weighted by molar-refractivity contribution is -0.280. The van der Waals surface area contributed by atoms with E-state index >= 15 is 19.2 Å². The molecule has 32 nitrogen and oxygen atoms in total. The van der Waals surface area contributed by atoms with Gasteiger partial charge in [0, 0.05) is 76.0 Å². The van der Waals surface area contributed by atoms with E-state index < -0.39 is 133 Å². The Balaban J connectivity index is 0.960. The van der Waals surface area contributed by atoms with Crippen molar-refractivity contribution in [2.24, 2.45) is 0 Å². The van der Waals surface area contributed by atoms with Crippen molar-refractivity contribution in [3.8, 4) is 38.4 Å². The van der Waals surface area contributed by atoms with Crippen molar-refractivity contribution in [1.29, 1.82) is 0 Å². The standard InChI is InChI=1S/C64H68N14O18S5/c1-27(79)43-56(85)74-44(28(2)90-7)59-70-38(26-99-59)55(84)75-47-49-50(96-41-18-64(4,88)51(76(5)6)29(3)95-41)63(87)93-19-30-9-8-10-39-42(30)32(20-92-49)48(78(39)89)62(86)94-21-33(66-53(82)36-25-101-61(47)71-36)58-67-34(22-98-58)45-31(57-68-37(24-97-57)54(83)73-43)17-40(80)46(72-45)60-69-35(23-100-60)52(81)65-11-12-77-13-15-91-16-14-77/h8-10,17,22-27,29,33,41,43,47,49-51,79-80,88-89H,11-16,18-21H2,1-7H3,(H,65,81)(H,66,82)(H,73,83)(H,74,85)(H,75,84). The van der Waals surface area contributed by atoms with Crippen LogP contribution in [-0.4, -0.2) is 222 Å². The van der Waals surface area contributed by atoms with Crippen molar-refractivity contribution in [2.45, 2.75) is 108 Å². The first-order valence-corrected chi connectivity index (χ1v) is 36.1. The van der Waals surface area contributed by atoms with E-state index in [0.717, 1.165) is 69.8 Å². The number of aromatic hydroxyl groups is 1. The van der Waals surface area contributed by atoms with Gasteiger partial charge in [0.2, 0.25) is 5.91 Å². The summed E-state index contributed by atoms with van der Waals surface area (Å²) < 4.78 is 43.8. The number of pyridine rings is 1. The minimum absolute atomic E-state index is 0.00244. The first-order valence-electron chi connectivity index (χ1n) is 31.7. The molecule has 2 saturated heterocycles. The number of amides is 5. The van der Waals surface area contributed by atoms with Gasteiger partial charge in [0.25, 0.3) is 23.6 Å². The number of aromatic nitrogens is 7. The number of likely N-dealkylation sites (N-methyl/N-ethyl adjacent to an activating group) is 1. The van der Waals surface area contributed by atoms with Crippen LogP contribution in [0.4, 0.5) is 0 Å². The number of nitrogens with zero attached hydrogens (tertiary/aromatic N) is 9. The van der Waals surface area contributed by atoms with Gasteiger partial charge in [0.1, 0.15) is 120 Å². The molecule has 1 aromatic carbocycles. The molecular formula is C64H68N14O18S5. The number of hydrogen-bond donors (Lipinski definition) is 9. The topological polar surface area (TPSA) is 414 Å². The minimum atomic E-state index is -1.90. The fourth-order valence-corrected chi connectivity index (χ4v) is 16.9. The maximum atomic E-state index is 15.2. The molecular weight excluding hydrogens is 1410 g/mol. The summed E-state index contributed by atoms with van der Waals surface area (Å²) in [7, 11) is 4.87. The first-order chi connectivity index (χ1) is 48.4. The largest absolute Gasteiger partial charge is 0.506 e. The van der Waals surface area contributed by atoms with Gasteiger partial charge in [-0.25, -0.2) is 39.5 Å². The molecule has 532 valence electrons. The zero-order valence-electron chi connectivity index (χ0n) is 55.0. The van der Waals surface area contributed by atoms with Crippen LogP contribution in [0.15, 0.2) is 56.9 Å². The van der Waals surface area contributed by atoms with Gasteiger partial charge in [0.05, 0.1) is 56.3 Å². The molecule has 12 bridgehead atoms. The van der Waals surface area contributed by atoms with E-state index in [0.29, 0.717) is 36.6 Å². The van der Waals surface area contributed by atoms with Crippen LogP contribution in [-0.2, 0) is 56.0 Å². The number of aliphatic hydroxyl groups excluding tert-OH is 1. The Morgan fingerprint density at radius 2 is 1.52 bits per heavy atom. The highest BCUT2D eigenvalue weighted by molar-refractivity contribution is 7.14. The predicted octanol–water partition coefficient (Wildman–Crippen LogP) is 4.22. The molecule has 0 aliphatic carbocycles. The van der Waals surface area contributed by atoms with Crippen LogP contribution in [0.25, 0.3) is 49.3 Å². The van der Waals surface area contributed by atoms with E-state index in [4.69, 9.17) is 48.1 Å². The summed E-state index contributed by atoms with van der Waals surface area (Å²) in [4.78, 5) is 135. The number of methoxy groups -OCH3 is 1. The molecule has 10 unspecified atom stereocenters. The van der Waals surface area contributed by atoms with Gasteiger partial charge in [-0.05, 0) is 59.5 Å². The Bertz CT molecular complexity index is 4570. The van der Waals surface area contributed by atoms with E-state index in [1.807, 2.05) is 0 Å². The van der Waals surface area contributed by atoms with Crippen LogP contribution in [0.3, 0.4) is 0 Å². The van der Waals surface area contributed by atoms with Crippen LogP contribution in [0.1, 0.15) is 125 Å². The quantitative estimate of drug-likeness (QED) is 0.0525. The Morgan fingerprint density at radius 1 is 0.842 bits per heavy atom. The van der Waals surface area contributed by atoms with Gasteiger partial charge < -0.3 is 85.2 Å². The molecule has 0 spiro atoms. The predicted molar refractivity (Wildman–Crippen MR) is 364 cm³/mol. The summed E-state index contributed by atoms with van der Waals surface area (Å²) in [5.74, 6) is -6.64. The van der Waals surface area contributed by atoms with Crippen molar-refractivity contribution in [1.82, 2.24) is 71.0 Å². The lowest BCUT2D eigenvalue weighted by Gasteiger charge is -2.48. The average molecular weight is 1480 g/mol. The molecule has 7 aromatic heterocycles. The summed E-state index contributed by atoms with van der Waals surface area (Å²) in [6, 6.07) is 0.844. The molecule has 13 rings (SSSR count). The number of aliphatic hydroxyl groups is 2. The molecule has 12 heterocycles. The number of carbonyl (C=O) groups excluding carboxylic acids is 7. The summed E-state index contributed by atoms with van der Waals surface area (Å²) in [5, 5.41) is 69.0. The lowest BCUT2D eigenvalue weighted by Crippen LogP contribution is -2.62. The molecule has 8 aromatic rings. The second kappa shape index (κ2) is 29.3. The van der Waals surface area contributed by atoms with E-state index in [-0.39, 0.29) is 105 Å². The van der Waals surface area contributed by atoms with E-state index in [1.54, 1.807) is 50.4 Å². The highest BCUT2D eigenvalue weighted by Crippen LogP contribution is 2.43. The van der Waals surface area contributed by atoms with Gasteiger partial charge in [-0.3, -0.25) is 28.9 Å². The molecule has 101 heavy (non-hydrogen) atoms. The number of cyclic esters (lactones) is 2. The number of thiazole rings is 5. The molecule has 2 fully saturated rings. The van der Waals surface area contributed by atoms with Gasteiger partial charge in [-0.1, -0.05) is 12.1 Å². The third-order valence-electron chi connectivity index (χ3n) is 17.6. The highest BCUT2D eigenvalue weighted by Gasteiger charge is 2.50. The molecule has 5 amide bonds. The maximum Gasteiger partial charge on any atom is 0.358 e. The van der Waals surface area contributed by atoms with Crippen molar-refractivity contribution in [3.05, 3.63) is 112 Å². The summed E-state index contributed by atoms with van der Waals surface area (Å²) in [6.45, 7) is 7.88. The highest BCUT2D eigenvalue weighted by atomic mass is 32.1. The van der Waals surface area contributed by atoms with Gasteiger partial charge in [-0.15, -0.1) is 56.7 Å². The molecule has 5 aliphatic rings. The Kier molecular flexibility index (Phi) is 20.5. The minimum Gasteiger partial charge on any atom is -0.506 e. The number of hydrogen-bond acceptors (Lipinski definition) is 31. The third kappa shape index (κ3) is 14.4. The number of allylic oxidation sites excluding steroid dienone is 1. The Hall–Kier alpha value is -8.83. The summed E-state index contributed by atoms with van der Waals surface area (Å²) in [5.41, 5.74) is -2.12. The van der Waals surface area contributed by atoms with Gasteiger partial charge in [-0.2, -0.15) is 4.73 Å². The normalized spacial score (nSPS) is 24.9. The SMILES string of the molecule is COC(C)=C1NC(=O)C(C(C)O)NC(=O)c2csc(n2)-c2cc(O)c(-c3nc(C(=O)NCCN4CCOCC4)cs3)nc2-c2csc(n2)C2COC(=O)c3c4c5c(cccc5n3O)COC(=O)C(OC3CC(C)(O)C(N(C)C)C(C)O3)C(OC4)C(NC(=O)c3csc1n3)c1nc(cs1)C(=O)N2. The van der Waals surface area contributed by atoms with Crippen molar-refractivity contribution in [3.63, 3.8) is 0 Å². The van der Waals surface area contributed by atoms with Gasteiger partial charge >= 0.3 is 11.9 Å². The molecule has 5 aliphatic heterocycles. The molecule has 37 heteroatoms. The fourth-order valence-electron chi connectivity index (χ4n) is 12.7. The number of benzene rings is 1. The molecule has 10 atom stereocenters. The van der Waals surface area contributed by atoms with E-state index in [1.165, 1.54) is 54.6 Å². The Labute approximate surface area is 594 Å². The molecule has 9 N–H and O–H groups in total. The van der Waals surface area contributed by atoms with Crippen LogP contribution in [0.2, 0.25) is 0 Å². The smallest absolute Gasteiger partial charge is 0.358 e. The van der Waals surface area contributed by atoms with Crippen LogP contribution >= 0.6 is 56.7 Å². The lowest BCUT2D eigenvalue weighted by atomic mass is 9.85. The number of rotatable bonds is 10. The number of fused-ring (bicyclic) bond motifs is 15. The van der Waals surface area contributed by atoms with Crippen LogP contribution in [0.5, 0.6) is 5.75 Å². The van der Waals surface area contributed by atoms with E-state index in [9.17, 15) is 34.9 Å². The average Bonchev–Trinajstić information content (AvgIpc) is 1.67. The number of morpholine rings is 1. The number of ether oxygens (including phenoxy) is 7. The third-order valence-corrected chi connectivity index (χ3v) is 22.0. The number of nitrogens with one attached hydrogen (secondary N) is 5. The fraction of sp³-hybridized carbons (Fsp3) is 0.422. The van der Waals surface area contributed by atoms with Crippen molar-refractivity contribution < 1.29 is 87.2 Å².